The molecule has 0 atom stereocenters. The highest BCUT2D eigenvalue weighted by Crippen LogP contribution is 2.17. The predicted molar refractivity (Wildman–Crippen MR) is 94.2 cm³/mol. The van der Waals surface area contributed by atoms with Gasteiger partial charge >= 0.3 is 5.69 Å². The molecule has 0 aliphatic heterocycles. The predicted octanol–water partition coefficient (Wildman–Crippen LogP) is 1.79. The first-order chi connectivity index (χ1) is 11.7. The molecule has 0 unspecified atom stereocenters. The smallest absolute Gasteiger partial charge is 0.350 e. The molecule has 2 heterocycles. The fourth-order valence-corrected chi connectivity index (χ4v) is 3.15. The fraction of sp³-hybridized carbons (Fsp3) is 0.235. The van der Waals surface area contributed by atoms with Crippen LogP contribution in [-0.4, -0.2) is 32.4 Å². The van der Waals surface area contributed by atoms with Crippen LogP contribution in [0.1, 0.15) is 6.42 Å². The molecule has 124 valence electrons. The highest BCUT2D eigenvalue weighted by Gasteiger charge is 2.06. The van der Waals surface area contributed by atoms with Crippen LogP contribution < -0.4 is 11.0 Å². The number of aromatic nitrogens is 3. The summed E-state index contributed by atoms with van der Waals surface area (Å²) in [5.74, 6) is 0.708. The molecule has 0 saturated carbocycles. The molecule has 0 aliphatic rings. The molecule has 0 saturated heterocycles. The number of hydrogen-bond donors (Lipinski definition) is 1. The quantitative estimate of drug-likeness (QED) is 0.665. The first-order valence-corrected chi connectivity index (χ1v) is 8.71. The summed E-state index contributed by atoms with van der Waals surface area (Å²) in [6, 6.07) is 15.4. The van der Waals surface area contributed by atoms with Gasteiger partial charge in [0.1, 0.15) is 0 Å². The third-order valence-corrected chi connectivity index (χ3v) is 4.49. The standard InChI is InChI=1S/C17H18N4O2S/c22-16(9-13-24-14-6-2-1-3-7-14)18-10-12-21-17(23)20-11-5-4-8-15(20)19-21/h1-8,11H,9-10,12-13H2,(H,18,22). The third kappa shape index (κ3) is 4.05. The Kier molecular flexibility index (Phi) is 5.32. The number of nitrogens with zero attached hydrogens (tertiary/aromatic N) is 3. The topological polar surface area (TPSA) is 68.4 Å². The number of carbonyl (C=O) groups excluding carboxylic acids is 1. The molecule has 0 fully saturated rings. The molecule has 3 aromatic rings. The molecule has 24 heavy (non-hydrogen) atoms. The molecule has 2 aromatic heterocycles. The minimum atomic E-state index is -0.195. The number of fused-ring (bicyclic) bond motifs is 1. The number of benzene rings is 1. The minimum absolute atomic E-state index is 0.0183. The normalized spacial score (nSPS) is 10.8. The van der Waals surface area contributed by atoms with E-state index < -0.39 is 0 Å². The lowest BCUT2D eigenvalue weighted by molar-refractivity contribution is -0.120. The molecule has 7 heteroatoms. The van der Waals surface area contributed by atoms with Crippen molar-refractivity contribution < 1.29 is 4.79 Å². The van der Waals surface area contributed by atoms with E-state index in [0.29, 0.717) is 25.2 Å². The monoisotopic (exact) mass is 342 g/mol. The number of carbonyl (C=O) groups is 1. The number of nitrogens with one attached hydrogen (secondary N) is 1. The van der Waals surface area contributed by atoms with E-state index >= 15 is 0 Å². The summed E-state index contributed by atoms with van der Waals surface area (Å²) < 4.78 is 2.85. The van der Waals surface area contributed by atoms with Crippen molar-refractivity contribution in [3.63, 3.8) is 0 Å². The van der Waals surface area contributed by atoms with Gasteiger partial charge in [-0.05, 0) is 24.3 Å². The molecule has 1 aromatic carbocycles. The SMILES string of the molecule is O=C(CCSc1ccccc1)NCCn1nc2ccccn2c1=O. The van der Waals surface area contributed by atoms with Gasteiger partial charge in [-0.1, -0.05) is 24.3 Å². The van der Waals surface area contributed by atoms with Gasteiger partial charge < -0.3 is 5.32 Å². The lowest BCUT2D eigenvalue weighted by Gasteiger charge is -2.05. The molecule has 6 nitrogen and oxygen atoms in total. The van der Waals surface area contributed by atoms with Crippen LogP contribution in [0.2, 0.25) is 0 Å². The number of hydrogen-bond acceptors (Lipinski definition) is 4. The van der Waals surface area contributed by atoms with Gasteiger partial charge in [-0.25, -0.2) is 9.48 Å². The molecule has 0 bridgehead atoms. The summed E-state index contributed by atoms with van der Waals surface area (Å²) in [4.78, 5) is 25.1. The van der Waals surface area contributed by atoms with Crippen LogP contribution in [-0.2, 0) is 11.3 Å². The Morgan fingerprint density at radius 1 is 1.12 bits per heavy atom. The maximum atomic E-state index is 12.1. The number of rotatable bonds is 7. The average molecular weight is 342 g/mol. The molecule has 0 spiro atoms. The van der Waals surface area contributed by atoms with Crippen LogP contribution in [0.25, 0.3) is 5.65 Å². The Labute approximate surface area is 143 Å². The van der Waals surface area contributed by atoms with E-state index in [2.05, 4.69) is 10.4 Å². The summed E-state index contributed by atoms with van der Waals surface area (Å²) in [6.07, 6.45) is 2.13. The van der Waals surface area contributed by atoms with Crippen molar-refractivity contribution in [2.75, 3.05) is 12.3 Å². The highest BCUT2D eigenvalue weighted by atomic mass is 32.2. The van der Waals surface area contributed by atoms with Crippen LogP contribution in [0.3, 0.4) is 0 Å². The molecule has 1 amide bonds. The van der Waals surface area contributed by atoms with Crippen LogP contribution in [0.5, 0.6) is 0 Å². The second-order valence-electron chi connectivity index (χ2n) is 5.20. The molecule has 3 rings (SSSR count). The zero-order valence-electron chi connectivity index (χ0n) is 13.1. The summed E-state index contributed by atoms with van der Waals surface area (Å²) in [7, 11) is 0. The molecule has 0 aliphatic carbocycles. The molecular formula is C17H18N4O2S. The molecule has 1 N–H and O–H groups in total. The van der Waals surface area contributed by atoms with Gasteiger partial charge in [0.15, 0.2) is 5.65 Å². The maximum Gasteiger partial charge on any atom is 0.350 e. The van der Waals surface area contributed by atoms with Crippen molar-refractivity contribution in [1.82, 2.24) is 19.5 Å². The van der Waals surface area contributed by atoms with Gasteiger partial charge in [-0.2, -0.15) is 0 Å². The van der Waals surface area contributed by atoms with Crippen molar-refractivity contribution in [1.29, 1.82) is 0 Å². The van der Waals surface area contributed by atoms with Gasteiger partial charge in [-0.15, -0.1) is 16.9 Å². The summed E-state index contributed by atoms with van der Waals surface area (Å²) in [5, 5.41) is 7.05. The Hall–Kier alpha value is -2.54. The van der Waals surface area contributed by atoms with E-state index in [9.17, 15) is 9.59 Å². The van der Waals surface area contributed by atoms with Crippen LogP contribution in [0.4, 0.5) is 0 Å². The van der Waals surface area contributed by atoms with Gasteiger partial charge in [0.2, 0.25) is 5.91 Å². The van der Waals surface area contributed by atoms with E-state index in [4.69, 9.17) is 0 Å². The van der Waals surface area contributed by atoms with Gasteiger partial charge in [0.25, 0.3) is 0 Å². The van der Waals surface area contributed by atoms with Gasteiger partial charge in [0.05, 0.1) is 6.54 Å². The first-order valence-electron chi connectivity index (χ1n) is 7.73. The van der Waals surface area contributed by atoms with Crippen molar-refractivity contribution in [2.45, 2.75) is 17.9 Å². The third-order valence-electron chi connectivity index (χ3n) is 3.48. The minimum Gasteiger partial charge on any atom is -0.354 e. The highest BCUT2D eigenvalue weighted by molar-refractivity contribution is 7.99. The van der Waals surface area contributed by atoms with Gasteiger partial charge in [-0.3, -0.25) is 9.20 Å². The van der Waals surface area contributed by atoms with Crippen molar-refractivity contribution in [3.8, 4) is 0 Å². The second-order valence-corrected chi connectivity index (χ2v) is 6.36. The second kappa shape index (κ2) is 7.83. The van der Waals surface area contributed by atoms with E-state index in [1.165, 1.54) is 9.08 Å². The van der Waals surface area contributed by atoms with Crippen molar-refractivity contribution >= 4 is 23.3 Å². The van der Waals surface area contributed by atoms with Gasteiger partial charge in [0, 0.05) is 29.8 Å². The number of thioether (sulfide) groups is 1. The Morgan fingerprint density at radius 3 is 2.71 bits per heavy atom. The summed E-state index contributed by atoms with van der Waals surface area (Å²) >= 11 is 1.65. The average Bonchev–Trinajstić information content (AvgIpc) is 2.92. The van der Waals surface area contributed by atoms with E-state index in [0.717, 1.165) is 10.6 Å². The van der Waals surface area contributed by atoms with Crippen LogP contribution >= 0.6 is 11.8 Å². The number of pyridine rings is 1. The van der Waals surface area contributed by atoms with Crippen molar-refractivity contribution in [2.24, 2.45) is 0 Å². The molecular weight excluding hydrogens is 324 g/mol. The Balaban J connectivity index is 1.43. The Bertz CT molecular complexity index is 873. The van der Waals surface area contributed by atoms with E-state index in [1.807, 2.05) is 36.4 Å². The number of amides is 1. The molecule has 0 radical (unpaired) electrons. The van der Waals surface area contributed by atoms with E-state index in [-0.39, 0.29) is 11.6 Å². The lowest BCUT2D eigenvalue weighted by atomic mass is 10.4. The largest absolute Gasteiger partial charge is 0.354 e. The zero-order chi connectivity index (χ0) is 16.8. The zero-order valence-corrected chi connectivity index (χ0v) is 13.9. The maximum absolute atomic E-state index is 12.1. The first kappa shape index (κ1) is 16.3. The lowest BCUT2D eigenvalue weighted by Crippen LogP contribution is -2.31. The van der Waals surface area contributed by atoms with Crippen LogP contribution in [0, 0.1) is 0 Å². The van der Waals surface area contributed by atoms with Crippen LogP contribution in [0.15, 0.2) is 64.4 Å². The Morgan fingerprint density at radius 2 is 1.92 bits per heavy atom. The van der Waals surface area contributed by atoms with Crippen molar-refractivity contribution in [3.05, 3.63) is 65.2 Å². The summed E-state index contributed by atoms with van der Waals surface area (Å²) in [5.41, 5.74) is 0.410. The fourth-order valence-electron chi connectivity index (χ4n) is 2.28. The summed E-state index contributed by atoms with van der Waals surface area (Å²) in [6.45, 7) is 0.747. The van der Waals surface area contributed by atoms with E-state index in [1.54, 1.807) is 30.1 Å².